The van der Waals surface area contributed by atoms with Crippen molar-refractivity contribution in [2.75, 3.05) is 17.7 Å². The molecule has 102 valence electrons. The van der Waals surface area contributed by atoms with Crippen molar-refractivity contribution < 1.29 is 4.74 Å². The number of nitrogen functional groups attached to an aromatic ring is 1. The average Bonchev–Trinajstić information content (AvgIpc) is 2.41. The average molecular weight is 288 g/mol. The van der Waals surface area contributed by atoms with Crippen molar-refractivity contribution >= 4 is 28.7 Å². The molecule has 0 fully saturated rings. The van der Waals surface area contributed by atoms with E-state index in [9.17, 15) is 0 Å². The fourth-order valence-corrected chi connectivity index (χ4v) is 1.96. The Labute approximate surface area is 122 Å². The standard InChI is InChI=1S/C15H14ClN3O/c1-2-20-13-7-11(18)6-12(8-13)19-15-5-10(9-17)3-4-14(15)16/h3-8,19H,2,18H2,1H3. The van der Waals surface area contributed by atoms with Gasteiger partial charge in [-0.15, -0.1) is 0 Å². The van der Waals surface area contributed by atoms with Crippen molar-refractivity contribution in [3.8, 4) is 11.8 Å². The van der Waals surface area contributed by atoms with Crippen LogP contribution < -0.4 is 15.8 Å². The normalized spacial score (nSPS) is 9.85. The minimum atomic E-state index is 0.532. The number of hydrogen-bond acceptors (Lipinski definition) is 4. The number of halogens is 1. The maximum absolute atomic E-state index is 8.92. The van der Waals surface area contributed by atoms with Crippen LogP contribution in [-0.2, 0) is 0 Å². The third-order valence-electron chi connectivity index (χ3n) is 2.61. The first kappa shape index (κ1) is 14.0. The molecule has 0 aromatic heterocycles. The van der Waals surface area contributed by atoms with Crippen molar-refractivity contribution in [3.05, 3.63) is 47.0 Å². The Morgan fingerprint density at radius 1 is 1.30 bits per heavy atom. The zero-order valence-electron chi connectivity index (χ0n) is 11.0. The Morgan fingerprint density at radius 3 is 2.80 bits per heavy atom. The second-order valence-electron chi connectivity index (χ2n) is 4.16. The quantitative estimate of drug-likeness (QED) is 0.836. The monoisotopic (exact) mass is 287 g/mol. The van der Waals surface area contributed by atoms with Crippen molar-refractivity contribution in [1.82, 2.24) is 0 Å². The topological polar surface area (TPSA) is 71.1 Å². The lowest BCUT2D eigenvalue weighted by molar-refractivity contribution is 0.340. The summed E-state index contributed by atoms with van der Waals surface area (Å²) in [5.41, 5.74) is 8.36. The highest BCUT2D eigenvalue weighted by molar-refractivity contribution is 6.33. The van der Waals surface area contributed by atoms with Crippen LogP contribution in [0, 0.1) is 11.3 Å². The molecule has 0 aliphatic carbocycles. The van der Waals surface area contributed by atoms with Crippen molar-refractivity contribution in [2.45, 2.75) is 6.92 Å². The summed E-state index contributed by atoms with van der Waals surface area (Å²) in [5.74, 6) is 0.683. The molecular formula is C15H14ClN3O. The summed E-state index contributed by atoms with van der Waals surface area (Å²) in [5, 5.41) is 12.6. The summed E-state index contributed by atoms with van der Waals surface area (Å²) in [7, 11) is 0. The lowest BCUT2D eigenvalue weighted by Crippen LogP contribution is -1.97. The molecule has 0 bridgehead atoms. The molecule has 0 radical (unpaired) electrons. The van der Waals surface area contributed by atoms with E-state index in [4.69, 9.17) is 27.3 Å². The molecule has 2 aromatic carbocycles. The molecule has 0 heterocycles. The van der Waals surface area contributed by atoms with E-state index in [1.807, 2.05) is 13.0 Å². The maximum Gasteiger partial charge on any atom is 0.123 e. The molecule has 0 aliphatic heterocycles. The van der Waals surface area contributed by atoms with E-state index in [1.165, 1.54) is 0 Å². The largest absolute Gasteiger partial charge is 0.494 e. The molecule has 0 amide bonds. The lowest BCUT2D eigenvalue weighted by atomic mass is 10.2. The minimum Gasteiger partial charge on any atom is -0.494 e. The first-order valence-electron chi connectivity index (χ1n) is 6.12. The minimum absolute atomic E-state index is 0.532. The highest BCUT2D eigenvalue weighted by Crippen LogP contribution is 2.29. The highest BCUT2D eigenvalue weighted by atomic mass is 35.5. The number of benzene rings is 2. The van der Waals surface area contributed by atoms with E-state index in [0.29, 0.717) is 34.3 Å². The van der Waals surface area contributed by atoms with Crippen LogP contribution in [0.3, 0.4) is 0 Å². The molecule has 0 aliphatic rings. The molecule has 5 heteroatoms. The molecule has 2 aromatic rings. The van der Waals surface area contributed by atoms with E-state index < -0.39 is 0 Å². The van der Waals surface area contributed by atoms with Crippen LogP contribution in [0.25, 0.3) is 0 Å². The van der Waals surface area contributed by atoms with E-state index >= 15 is 0 Å². The zero-order valence-corrected chi connectivity index (χ0v) is 11.7. The fourth-order valence-electron chi connectivity index (χ4n) is 1.79. The van der Waals surface area contributed by atoms with Gasteiger partial charge in [0.05, 0.1) is 28.9 Å². The molecule has 0 saturated heterocycles. The summed E-state index contributed by atoms with van der Waals surface area (Å²) in [6.07, 6.45) is 0. The Hall–Kier alpha value is -2.38. The predicted molar refractivity (Wildman–Crippen MR) is 81.5 cm³/mol. The van der Waals surface area contributed by atoms with Crippen LogP contribution in [0.15, 0.2) is 36.4 Å². The van der Waals surface area contributed by atoms with Crippen LogP contribution in [0.2, 0.25) is 5.02 Å². The van der Waals surface area contributed by atoms with E-state index in [0.717, 1.165) is 5.69 Å². The number of nitriles is 1. The van der Waals surface area contributed by atoms with Gasteiger partial charge in [-0.2, -0.15) is 5.26 Å². The third-order valence-corrected chi connectivity index (χ3v) is 2.94. The van der Waals surface area contributed by atoms with Gasteiger partial charge < -0.3 is 15.8 Å². The number of nitrogens with zero attached hydrogens (tertiary/aromatic N) is 1. The number of anilines is 3. The van der Waals surface area contributed by atoms with Gasteiger partial charge in [-0.05, 0) is 31.2 Å². The first-order chi connectivity index (χ1) is 9.62. The van der Waals surface area contributed by atoms with Gasteiger partial charge in [0, 0.05) is 23.5 Å². The van der Waals surface area contributed by atoms with E-state index in [-0.39, 0.29) is 0 Å². The number of ether oxygens (including phenoxy) is 1. The Bertz CT molecular complexity index is 665. The van der Waals surface area contributed by atoms with Gasteiger partial charge in [0.25, 0.3) is 0 Å². The van der Waals surface area contributed by atoms with Gasteiger partial charge >= 0.3 is 0 Å². The van der Waals surface area contributed by atoms with Crippen molar-refractivity contribution in [3.63, 3.8) is 0 Å². The maximum atomic E-state index is 8.92. The lowest BCUT2D eigenvalue weighted by Gasteiger charge is -2.12. The van der Waals surface area contributed by atoms with Crippen molar-refractivity contribution in [2.24, 2.45) is 0 Å². The Kier molecular flexibility index (Phi) is 4.34. The van der Waals surface area contributed by atoms with Crippen LogP contribution in [0.4, 0.5) is 17.1 Å². The number of rotatable bonds is 4. The summed E-state index contributed by atoms with van der Waals surface area (Å²) >= 11 is 6.11. The second kappa shape index (κ2) is 6.18. The third kappa shape index (κ3) is 3.34. The summed E-state index contributed by atoms with van der Waals surface area (Å²) in [4.78, 5) is 0. The van der Waals surface area contributed by atoms with Gasteiger partial charge in [0.2, 0.25) is 0 Å². The van der Waals surface area contributed by atoms with Gasteiger partial charge in [-0.25, -0.2) is 0 Å². The number of nitrogens with one attached hydrogen (secondary N) is 1. The molecule has 2 rings (SSSR count). The smallest absolute Gasteiger partial charge is 0.123 e. The summed E-state index contributed by atoms with van der Waals surface area (Å²) in [6.45, 7) is 2.47. The van der Waals surface area contributed by atoms with Crippen LogP contribution in [0.1, 0.15) is 12.5 Å². The fraction of sp³-hybridized carbons (Fsp3) is 0.133. The Balaban J connectivity index is 2.32. The zero-order chi connectivity index (χ0) is 14.5. The number of hydrogen-bond donors (Lipinski definition) is 2. The van der Waals surface area contributed by atoms with Crippen LogP contribution in [0.5, 0.6) is 5.75 Å². The van der Waals surface area contributed by atoms with E-state index in [1.54, 1.807) is 30.3 Å². The van der Waals surface area contributed by atoms with Gasteiger partial charge in [-0.3, -0.25) is 0 Å². The molecule has 0 atom stereocenters. The predicted octanol–water partition coefficient (Wildman–Crippen LogP) is 3.94. The number of nitrogens with two attached hydrogens (primary N) is 1. The second-order valence-corrected chi connectivity index (χ2v) is 4.56. The summed E-state index contributed by atoms with van der Waals surface area (Å²) < 4.78 is 5.43. The SMILES string of the molecule is CCOc1cc(N)cc(Nc2cc(C#N)ccc2Cl)c1. The Morgan fingerprint density at radius 2 is 2.10 bits per heavy atom. The molecule has 3 N–H and O–H groups in total. The molecule has 0 unspecified atom stereocenters. The molecule has 20 heavy (non-hydrogen) atoms. The summed E-state index contributed by atoms with van der Waals surface area (Å²) in [6, 6.07) is 12.5. The molecular weight excluding hydrogens is 274 g/mol. The van der Waals surface area contributed by atoms with Crippen molar-refractivity contribution in [1.29, 1.82) is 5.26 Å². The molecule has 0 saturated carbocycles. The van der Waals surface area contributed by atoms with Gasteiger partial charge in [0.15, 0.2) is 0 Å². The first-order valence-corrected chi connectivity index (χ1v) is 6.50. The van der Waals surface area contributed by atoms with Gasteiger partial charge in [-0.1, -0.05) is 11.6 Å². The van der Waals surface area contributed by atoms with Crippen LogP contribution in [-0.4, -0.2) is 6.61 Å². The van der Waals surface area contributed by atoms with Crippen LogP contribution >= 0.6 is 11.6 Å². The van der Waals surface area contributed by atoms with Gasteiger partial charge in [0.1, 0.15) is 5.75 Å². The molecule has 4 nitrogen and oxygen atoms in total. The van der Waals surface area contributed by atoms with E-state index in [2.05, 4.69) is 11.4 Å². The highest BCUT2D eigenvalue weighted by Gasteiger charge is 2.05. The molecule has 0 spiro atoms.